The third-order valence-electron chi connectivity index (χ3n) is 4.34. The van der Waals surface area contributed by atoms with E-state index >= 15 is 0 Å². The molecule has 1 amide bonds. The van der Waals surface area contributed by atoms with Crippen LogP contribution in [0.4, 0.5) is 10.5 Å². The minimum atomic E-state index is -3.47. The highest BCUT2D eigenvalue weighted by Crippen LogP contribution is 2.29. The van der Waals surface area contributed by atoms with Crippen LogP contribution < -0.4 is 10.2 Å². The second-order valence-electron chi connectivity index (χ2n) is 7.85. The zero-order valence-corrected chi connectivity index (χ0v) is 17.8. The van der Waals surface area contributed by atoms with Crippen molar-refractivity contribution in [3.63, 3.8) is 0 Å². The van der Waals surface area contributed by atoms with Crippen LogP contribution in [0.5, 0.6) is 0 Å². The topological polar surface area (TPSA) is 102 Å². The Kier molecular flexibility index (Phi) is 6.59. The average molecular weight is 413 g/mol. The highest BCUT2D eigenvalue weighted by atomic mass is 32.2. The summed E-state index contributed by atoms with van der Waals surface area (Å²) in [5.74, 6) is -0.525. The van der Waals surface area contributed by atoms with E-state index in [9.17, 15) is 18.0 Å². The number of amides is 1. The molecule has 9 heteroatoms. The molecule has 1 aromatic carbocycles. The van der Waals surface area contributed by atoms with E-state index in [1.54, 1.807) is 26.8 Å². The minimum absolute atomic E-state index is 0.0587. The molecule has 1 aliphatic heterocycles. The number of sulfone groups is 1. The lowest BCUT2D eigenvalue weighted by atomic mass is 10.0. The molecule has 8 nitrogen and oxygen atoms in total. The van der Waals surface area contributed by atoms with Crippen molar-refractivity contribution in [3.8, 4) is 0 Å². The fourth-order valence-corrected chi connectivity index (χ4v) is 3.94. The summed E-state index contributed by atoms with van der Waals surface area (Å²) >= 11 is 0. The van der Waals surface area contributed by atoms with Gasteiger partial charge >= 0.3 is 12.1 Å². The highest BCUT2D eigenvalue weighted by molar-refractivity contribution is 7.90. The number of benzene rings is 1. The number of carbonyl (C=O) groups excluding carboxylic acids is 2. The number of alkyl carbamates (subject to hydrolysis) is 1. The van der Waals surface area contributed by atoms with E-state index in [0.717, 1.165) is 6.26 Å². The predicted molar refractivity (Wildman–Crippen MR) is 105 cm³/mol. The van der Waals surface area contributed by atoms with Crippen molar-refractivity contribution >= 4 is 27.6 Å². The zero-order chi connectivity index (χ0) is 21.1. The first-order chi connectivity index (χ1) is 12.9. The van der Waals surface area contributed by atoms with Gasteiger partial charge in [-0.05, 0) is 51.8 Å². The summed E-state index contributed by atoms with van der Waals surface area (Å²) in [5.41, 5.74) is 0.198. The lowest BCUT2D eigenvalue weighted by Gasteiger charge is -2.35. The largest absolute Gasteiger partial charge is 0.465 e. The molecule has 1 N–H and O–H groups in total. The van der Waals surface area contributed by atoms with Gasteiger partial charge in [0.05, 0.1) is 23.3 Å². The molecule has 1 aliphatic rings. The molecular weight excluding hydrogens is 384 g/mol. The number of piperidine rings is 1. The third kappa shape index (κ3) is 5.85. The Morgan fingerprint density at radius 2 is 1.79 bits per heavy atom. The molecule has 0 unspecified atom stereocenters. The summed E-state index contributed by atoms with van der Waals surface area (Å²) in [7, 11) is -2.19. The average Bonchev–Trinajstić information content (AvgIpc) is 2.58. The number of esters is 1. The van der Waals surface area contributed by atoms with Crippen LogP contribution in [0.25, 0.3) is 0 Å². The minimum Gasteiger partial charge on any atom is -0.465 e. The van der Waals surface area contributed by atoms with E-state index in [2.05, 4.69) is 5.32 Å². The Hall–Kier alpha value is -2.29. The SMILES string of the molecule is COC(=O)c1ccc(S(C)(=O)=O)c(N2CCC(NC(=O)OC(C)(C)C)CC2)c1. The number of carbonyl (C=O) groups is 2. The molecule has 0 aliphatic carbocycles. The van der Waals surface area contributed by atoms with Gasteiger partial charge in [-0.1, -0.05) is 0 Å². The van der Waals surface area contributed by atoms with Gasteiger partial charge in [0.2, 0.25) is 0 Å². The maximum Gasteiger partial charge on any atom is 0.407 e. The van der Waals surface area contributed by atoms with E-state index in [0.29, 0.717) is 37.2 Å². The number of hydrogen-bond donors (Lipinski definition) is 1. The molecule has 0 aromatic heterocycles. The molecule has 0 spiro atoms. The van der Waals surface area contributed by atoms with Crippen LogP contribution >= 0.6 is 0 Å². The number of hydrogen-bond acceptors (Lipinski definition) is 7. The molecule has 0 bridgehead atoms. The first-order valence-corrected chi connectivity index (χ1v) is 11.0. The summed E-state index contributed by atoms with van der Waals surface area (Å²) in [4.78, 5) is 25.9. The van der Waals surface area contributed by atoms with Crippen molar-refractivity contribution < 1.29 is 27.5 Å². The van der Waals surface area contributed by atoms with Gasteiger partial charge in [0, 0.05) is 25.4 Å². The second kappa shape index (κ2) is 8.38. The van der Waals surface area contributed by atoms with Crippen LogP contribution in [0, 0.1) is 0 Å². The summed E-state index contributed by atoms with van der Waals surface area (Å²) in [6, 6.07) is 4.37. The number of rotatable bonds is 4. The van der Waals surface area contributed by atoms with Crippen molar-refractivity contribution in [3.05, 3.63) is 23.8 Å². The number of ether oxygens (including phenoxy) is 2. The van der Waals surface area contributed by atoms with Crippen LogP contribution in [-0.2, 0) is 19.3 Å². The van der Waals surface area contributed by atoms with Gasteiger partial charge in [-0.2, -0.15) is 0 Å². The van der Waals surface area contributed by atoms with E-state index in [-0.39, 0.29) is 10.9 Å². The zero-order valence-electron chi connectivity index (χ0n) is 16.9. The van der Waals surface area contributed by atoms with E-state index in [4.69, 9.17) is 9.47 Å². The third-order valence-corrected chi connectivity index (χ3v) is 5.48. The van der Waals surface area contributed by atoms with Gasteiger partial charge in [0.25, 0.3) is 0 Å². The Labute approximate surface area is 166 Å². The highest BCUT2D eigenvalue weighted by Gasteiger charge is 2.27. The lowest BCUT2D eigenvalue weighted by molar-refractivity contribution is 0.0496. The Bertz CT molecular complexity index is 836. The van der Waals surface area contributed by atoms with Crippen molar-refractivity contribution in [2.24, 2.45) is 0 Å². The maximum atomic E-state index is 12.2. The molecule has 0 saturated carbocycles. The van der Waals surface area contributed by atoms with Gasteiger partial charge in [-0.3, -0.25) is 0 Å². The van der Waals surface area contributed by atoms with Crippen molar-refractivity contribution in [2.45, 2.75) is 50.2 Å². The Balaban J connectivity index is 2.14. The molecule has 1 saturated heterocycles. The number of anilines is 1. The molecule has 1 fully saturated rings. The van der Waals surface area contributed by atoms with Crippen molar-refractivity contribution in [1.29, 1.82) is 0 Å². The Morgan fingerprint density at radius 3 is 2.29 bits per heavy atom. The van der Waals surface area contributed by atoms with Crippen LogP contribution in [-0.4, -0.2) is 58.6 Å². The monoisotopic (exact) mass is 412 g/mol. The standard InChI is InChI=1S/C19H28N2O6S/c1-19(2,3)27-18(23)20-14-8-10-21(11-9-14)15-12-13(17(22)26-4)6-7-16(15)28(5,24)25/h6-7,12,14H,8-11H2,1-5H3,(H,20,23). The predicted octanol–water partition coefficient (Wildman–Crippen LogP) is 2.37. The molecule has 0 radical (unpaired) electrons. The van der Waals surface area contributed by atoms with Crippen LogP contribution in [0.2, 0.25) is 0 Å². The molecule has 0 atom stereocenters. The molecular formula is C19H28N2O6S. The normalized spacial score (nSPS) is 15.8. The molecule has 1 aromatic rings. The molecule has 1 heterocycles. The molecule has 156 valence electrons. The summed E-state index contributed by atoms with van der Waals surface area (Å²) in [5, 5.41) is 2.85. The molecule has 28 heavy (non-hydrogen) atoms. The fourth-order valence-electron chi connectivity index (χ4n) is 3.06. The first kappa shape index (κ1) is 22.0. The van der Waals surface area contributed by atoms with Gasteiger partial charge in [-0.15, -0.1) is 0 Å². The molecule has 2 rings (SSSR count). The summed E-state index contributed by atoms with van der Waals surface area (Å²) < 4.78 is 34.4. The maximum absolute atomic E-state index is 12.2. The van der Waals surface area contributed by atoms with E-state index < -0.39 is 27.5 Å². The van der Waals surface area contributed by atoms with Crippen LogP contribution in [0.15, 0.2) is 23.1 Å². The summed E-state index contributed by atoms with van der Waals surface area (Å²) in [6.07, 6.45) is 1.94. The van der Waals surface area contributed by atoms with Crippen LogP contribution in [0.1, 0.15) is 44.0 Å². The van der Waals surface area contributed by atoms with E-state index in [1.807, 2.05) is 4.90 Å². The number of nitrogens with one attached hydrogen (secondary N) is 1. The van der Waals surface area contributed by atoms with Crippen LogP contribution in [0.3, 0.4) is 0 Å². The smallest absolute Gasteiger partial charge is 0.407 e. The summed E-state index contributed by atoms with van der Waals surface area (Å²) in [6.45, 7) is 6.48. The number of methoxy groups -OCH3 is 1. The van der Waals surface area contributed by atoms with Crippen molar-refractivity contribution in [2.75, 3.05) is 31.4 Å². The van der Waals surface area contributed by atoms with Gasteiger partial charge in [0.15, 0.2) is 9.84 Å². The fraction of sp³-hybridized carbons (Fsp3) is 0.579. The Morgan fingerprint density at radius 1 is 1.18 bits per heavy atom. The lowest BCUT2D eigenvalue weighted by Crippen LogP contribution is -2.46. The first-order valence-electron chi connectivity index (χ1n) is 9.07. The van der Waals surface area contributed by atoms with Gasteiger partial charge in [-0.25, -0.2) is 18.0 Å². The quantitative estimate of drug-likeness (QED) is 0.758. The van der Waals surface area contributed by atoms with Crippen molar-refractivity contribution in [1.82, 2.24) is 5.32 Å². The number of nitrogens with zero attached hydrogens (tertiary/aromatic N) is 1. The van der Waals surface area contributed by atoms with Gasteiger partial charge in [0.1, 0.15) is 5.60 Å². The second-order valence-corrected chi connectivity index (χ2v) is 9.84. The van der Waals surface area contributed by atoms with Gasteiger partial charge < -0.3 is 19.7 Å². The van der Waals surface area contributed by atoms with E-state index in [1.165, 1.54) is 19.2 Å².